The molecule has 0 unspecified atom stereocenters. The lowest BCUT2D eigenvalue weighted by atomic mass is 10.1. The molecule has 20 heavy (non-hydrogen) atoms. The van der Waals surface area contributed by atoms with Crippen molar-refractivity contribution in [2.45, 2.75) is 6.92 Å². The summed E-state index contributed by atoms with van der Waals surface area (Å²) in [5, 5.41) is 12.4. The molecule has 2 aromatic carbocycles. The van der Waals surface area contributed by atoms with Crippen molar-refractivity contribution in [3.8, 4) is 17.1 Å². The molecule has 0 spiro atoms. The van der Waals surface area contributed by atoms with Gasteiger partial charge < -0.3 is 5.73 Å². The van der Waals surface area contributed by atoms with Crippen LogP contribution in [0.25, 0.3) is 17.1 Å². The zero-order valence-corrected chi connectivity index (χ0v) is 11.5. The first-order chi connectivity index (χ1) is 9.68. The van der Waals surface area contributed by atoms with Gasteiger partial charge in [-0.25, -0.2) is 0 Å². The summed E-state index contributed by atoms with van der Waals surface area (Å²) in [6.07, 6.45) is 0. The quantitative estimate of drug-likeness (QED) is 0.735. The van der Waals surface area contributed by atoms with Crippen molar-refractivity contribution in [2.75, 3.05) is 5.73 Å². The van der Waals surface area contributed by atoms with Gasteiger partial charge in [-0.1, -0.05) is 35.9 Å². The van der Waals surface area contributed by atoms with Crippen LogP contribution in [-0.4, -0.2) is 20.2 Å². The fourth-order valence-corrected chi connectivity index (χ4v) is 2.22. The highest BCUT2D eigenvalue weighted by molar-refractivity contribution is 6.33. The monoisotopic (exact) mass is 285 g/mol. The highest BCUT2D eigenvalue weighted by Crippen LogP contribution is 2.31. The largest absolute Gasteiger partial charge is 0.397 e. The average molecular weight is 286 g/mol. The first-order valence-corrected chi connectivity index (χ1v) is 6.45. The molecule has 1 heterocycles. The molecule has 1 aromatic heterocycles. The molecule has 5 nitrogen and oxygen atoms in total. The van der Waals surface area contributed by atoms with Gasteiger partial charge in [0.2, 0.25) is 0 Å². The van der Waals surface area contributed by atoms with Crippen molar-refractivity contribution in [1.29, 1.82) is 0 Å². The lowest BCUT2D eigenvalue weighted by Gasteiger charge is -2.09. The molecule has 3 rings (SSSR count). The van der Waals surface area contributed by atoms with Crippen molar-refractivity contribution in [1.82, 2.24) is 20.2 Å². The zero-order valence-electron chi connectivity index (χ0n) is 10.8. The standard InChI is InChI=1S/C14H12ClN5/c1-9-5-2-3-8-12(9)20-14(17-18-19-20)10-6-4-7-11(15)13(10)16/h2-8H,16H2,1H3. The average Bonchev–Trinajstić information content (AvgIpc) is 2.91. The summed E-state index contributed by atoms with van der Waals surface area (Å²) in [6.45, 7) is 2.00. The molecule has 3 aromatic rings. The van der Waals surface area contributed by atoms with Gasteiger partial charge in [0.05, 0.1) is 16.4 Å². The maximum atomic E-state index is 6.06. The van der Waals surface area contributed by atoms with Gasteiger partial charge in [-0.05, 0) is 41.1 Å². The van der Waals surface area contributed by atoms with Gasteiger partial charge in [0.25, 0.3) is 0 Å². The summed E-state index contributed by atoms with van der Waals surface area (Å²) in [5.74, 6) is 0.569. The van der Waals surface area contributed by atoms with E-state index in [4.69, 9.17) is 17.3 Å². The van der Waals surface area contributed by atoms with Crippen molar-refractivity contribution in [2.24, 2.45) is 0 Å². The summed E-state index contributed by atoms with van der Waals surface area (Å²) in [6, 6.07) is 13.3. The third-order valence-corrected chi connectivity index (χ3v) is 3.44. The second kappa shape index (κ2) is 4.94. The van der Waals surface area contributed by atoms with Crippen LogP contribution < -0.4 is 5.73 Å². The third kappa shape index (κ3) is 2.02. The van der Waals surface area contributed by atoms with E-state index in [1.807, 2.05) is 43.3 Å². The maximum Gasteiger partial charge on any atom is 0.189 e. The molecule has 0 saturated heterocycles. The van der Waals surface area contributed by atoms with E-state index in [-0.39, 0.29) is 0 Å². The number of anilines is 1. The van der Waals surface area contributed by atoms with Gasteiger partial charge in [-0.2, -0.15) is 4.68 Å². The number of para-hydroxylation sites is 2. The van der Waals surface area contributed by atoms with Crippen LogP contribution in [0.4, 0.5) is 5.69 Å². The topological polar surface area (TPSA) is 69.6 Å². The van der Waals surface area contributed by atoms with Gasteiger partial charge >= 0.3 is 0 Å². The first-order valence-electron chi connectivity index (χ1n) is 6.07. The van der Waals surface area contributed by atoms with E-state index in [1.165, 1.54) is 0 Å². The lowest BCUT2D eigenvalue weighted by molar-refractivity contribution is 0.787. The molecule has 0 bridgehead atoms. The summed E-state index contributed by atoms with van der Waals surface area (Å²) in [4.78, 5) is 0. The minimum Gasteiger partial charge on any atom is -0.397 e. The number of hydrogen-bond donors (Lipinski definition) is 1. The second-order valence-electron chi connectivity index (χ2n) is 4.40. The molecular weight excluding hydrogens is 274 g/mol. The summed E-state index contributed by atoms with van der Waals surface area (Å²) >= 11 is 6.06. The molecule has 100 valence electrons. The van der Waals surface area contributed by atoms with E-state index in [2.05, 4.69) is 15.5 Å². The molecule has 2 N–H and O–H groups in total. The third-order valence-electron chi connectivity index (χ3n) is 3.11. The second-order valence-corrected chi connectivity index (χ2v) is 4.81. The van der Waals surface area contributed by atoms with Crippen LogP contribution in [0.2, 0.25) is 5.02 Å². The van der Waals surface area contributed by atoms with E-state index >= 15 is 0 Å². The van der Waals surface area contributed by atoms with E-state index in [0.29, 0.717) is 22.1 Å². The molecule has 0 aliphatic heterocycles. The zero-order chi connectivity index (χ0) is 14.1. The van der Waals surface area contributed by atoms with Crippen LogP contribution in [0, 0.1) is 6.92 Å². The Kier molecular flexibility index (Phi) is 3.12. The van der Waals surface area contributed by atoms with E-state index in [9.17, 15) is 0 Å². The highest BCUT2D eigenvalue weighted by atomic mass is 35.5. The normalized spacial score (nSPS) is 10.7. The van der Waals surface area contributed by atoms with Gasteiger partial charge in [0.15, 0.2) is 5.82 Å². The number of rotatable bonds is 2. The number of aromatic nitrogens is 4. The van der Waals surface area contributed by atoms with E-state index in [0.717, 1.165) is 11.3 Å². The summed E-state index contributed by atoms with van der Waals surface area (Å²) in [7, 11) is 0. The van der Waals surface area contributed by atoms with Gasteiger partial charge in [-0.15, -0.1) is 5.10 Å². The molecule has 0 aliphatic rings. The summed E-state index contributed by atoms with van der Waals surface area (Å²) < 4.78 is 1.66. The summed E-state index contributed by atoms with van der Waals surface area (Å²) in [5.41, 5.74) is 9.18. The number of aryl methyl sites for hydroxylation is 1. The minimum atomic E-state index is 0.471. The molecule has 0 fully saturated rings. The molecule has 0 saturated carbocycles. The Morgan fingerprint density at radius 2 is 1.90 bits per heavy atom. The molecule has 0 atom stereocenters. The first kappa shape index (κ1) is 12.6. The van der Waals surface area contributed by atoms with Crippen molar-refractivity contribution in [3.63, 3.8) is 0 Å². The Morgan fingerprint density at radius 1 is 1.10 bits per heavy atom. The van der Waals surface area contributed by atoms with Gasteiger partial charge in [-0.3, -0.25) is 0 Å². The van der Waals surface area contributed by atoms with Crippen LogP contribution in [0.1, 0.15) is 5.56 Å². The van der Waals surface area contributed by atoms with Crippen molar-refractivity contribution >= 4 is 17.3 Å². The Bertz CT molecular complexity index is 766. The smallest absolute Gasteiger partial charge is 0.189 e. The Hall–Kier alpha value is -2.40. The number of hydrogen-bond acceptors (Lipinski definition) is 4. The molecule has 0 amide bonds. The lowest BCUT2D eigenvalue weighted by Crippen LogP contribution is -2.03. The molecule has 6 heteroatoms. The van der Waals surface area contributed by atoms with Crippen molar-refractivity contribution < 1.29 is 0 Å². The van der Waals surface area contributed by atoms with Crippen LogP contribution >= 0.6 is 11.6 Å². The number of tetrazole rings is 1. The molecule has 0 aliphatic carbocycles. The number of nitrogens with zero attached hydrogens (tertiary/aromatic N) is 4. The van der Waals surface area contributed by atoms with E-state index in [1.54, 1.807) is 10.7 Å². The molecule has 0 radical (unpaired) electrons. The Morgan fingerprint density at radius 3 is 2.70 bits per heavy atom. The predicted molar refractivity (Wildman–Crippen MR) is 78.7 cm³/mol. The number of nitrogens with two attached hydrogens (primary N) is 1. The number of benzene rings is 2. The predicted octanol–water partition coefficient (Wildman–Crippen LogP) is 2.87. The SMILES string of the molecule is Cc1ccccc1-n1nnnc1-c1cccc(Cl)c1N. The van der Waals surface area contributed by atoms with Crippen LogP contribution in [0.15, 0.2) is 42.5 Å². The van der Waals surface area contributed by atoms with Gasteiger partial charge in [0, 0.05) is 5.56 Å². The van der Waals surface area contributed by atoms with Gasteiger partial charge in [0.1, 0.15) is 0 Å². The number of halogens is 1. The Balaban J connectivity index is 2.21. The fourth-order valence-electron chi connectivity index (χ4n) is 2.05. The van der Waals surface area contributed by atoms with Crippen LogP contribution in [-0.2, 0) is 0 Å². The van der Waals surface area contributed by atoms with Crippen molar-refractivity contribution in [3.05, 3.63) is 53.1 Å². The number of nitrogen functional groups attached to an aromatic ring is 1. The Labute approximate surface area is 121 Å². The molecular formula is C14H12ClN5. The maximum absolute atomic E-state index is 6.06. The highest BCUT2D eigenvalue weighted by Gasteiger charge is 2.15. The van der Waals surface area contributed by atoms with Crippen LogP contribution in [0.3, 0.4) is 0 Å². The van der Waals surface area contributed by atoms with E-state index < -0.39 is 0 Å². The fraction of sp³-hybridized carbons (Fsp3) is 0.0714. The van der Waals surface area contributed by atoms with Crippen LogP contribution in [0.5, 0.6) is 0 Å². The minimum absolute atomic E-state index is 0.471.